The number of amides is 2. The van der Waals surface area contributed by atoms with Gasteiger partial charge in [0.1, 0.15) is 0 Å². The third kappa shape index (κ3) is 3.71. The van der Waals surface area contributed by atoms with Gasteiger partial charge in [-0.25, -0.2) is 0 Å². The largest absolute Gasteiger partial charge is 0.353 e. The second-order valence-electron chi connectivity index (χ2n) is 6.05. The van der Waals surface area contributed by atoms with E-state index in [0.717, 1.165) is 38.6 Å². The molecule has 0 aromatic carbocycles. The number of unbranched alkanes of at least 4 members (excludes halogenated alkanes) is 1. The van der Waals surface area contributed by atoms with Gasteiger partial charge >= 0.3 is 0 Å². The highest BCUT2D eigenvalue weighted by atomic mass is 16.2. The molecule has 108 valence electrons. The van der Waals surface area contributed by atoms with Crippen LogP contribution in [0.3, 0.4) is 0 Å². The standard InChI is InChI=1S/C15H26N2O2/c1-3-4-9-17(2)15(19)13-10-12(13)14(18)16-11-7-5-6-8-11/h11-13H,3-10H2,1-2H3,(H,16,18). The Bertz CT molecular complexity index is 337. The van der Waals surface area contributed by atoms with Gasteiger partial charge in [0.05, 0.1) is 11.8 Å². The van der Waals surface area contributed by atoms with E-state index < -0.39 is 0 Å². The second-order valence-corrected chi connectivity index (χ2v) is 6.05. The Kier molecular flexibility index (Phi) is 4.83. The molecule has 0 radical (unpaired) electrons. The molecule has 19 heavy (non-hydrogen) atoms. The van der Waals surface area contributed by atoms with Gasteiger partial charge in [-0.15, -0.1) is 0 Å². The normalized spacial score (nSPS) is 26.2. The van der Waals surface area contributed by atoms with Crippen molar-refractivity contribution in [2.24, 2.45) is 11.8 Å². The minimum Gasteiger partial charge on any atom is -0.353 e. The zero-order valence-corrected chi connectivity index (χ0v) is 12.2. The molecular formula is C15H26N2O2. The van der Waals surface area contributed by atoms with Crippen LogP contribution in [0.5, 0.6) is 0 Å². The van der Waals surface area contributed by atoms with Crippen LogP contribution in [0, 0.1) is 11.8 Å². The van der Waals surface area contributed by atoms with Crippen LogP contribution in [0.15, 0.2) is 0 Å². The Morgan fingerprint density at radius 3 is 2.53 bits per heavy atom. The molecule has 2 saturated carbocycles. The molecule has 0 aliphatic heterocycles. The van der Waals surface area contributed by atoms with Crippen LogP contribution in [-0.2, 0) is 9.59 Å². The molecule has 0 saturated heterocycles. The first-order valence-electron chi connectivity index (χ1n) is 7.68. The van der Waals surface area contributed by atoms with Crippen LogP contribution < -0.4 is 5.32 Å². The highest BCUT2D eigenvalue weighted by Crippen LogP contribution is 2.40. The van der Waals surface area contributed by atoms with E-state index in [2.05, 4.69) is 12.2 Å². The number of nitrogens with one attached hydrogen (secondary N) is 1. The third-order valence-electron chi connectivity index (χ3n) is 4.37. The summed E-state index contributed by atoms with van der Waals surface area (Å²) in [5, 5.41) is 3.10. The molecule has 2 unspecified atom stereocenters. The summed E-state index contributed by atoms with van der Waals surface area (Å²) in [4.78, 5) is 25.9. The van der Waals surface area contributed by atoms with Crippen molar-refractivity contribution in [2.45, 2.75) is 57.9 Å². The van der Waals surface area contributed by atoms with Gasteiger partial charge in [-0.1, -0.05) is 26.2 Å². The van der Waals surface area contributed by atoms with E-state index in [4.69, 9.17) is 0 Å². The first-order valence-corrected chi connectivity index (χ1v) is 7.68. The van der Waals surface area contributed by atoms with Crippen molar-refractivity contribution in [1.29, 1.82) is 0 Å². The van der Waals surface area contributed by atoms with E-state index in [1.165, 1.54) is 12.8 Å². The van der Waals surface area contributed by atoms with Crippen LogP contribution in [0.1, 0.15) is 51.9 Å². The van der Waals surface area contributed by atoms with Gasteiger partial charge in [0.15, 0.2) is 0 Å². The van der Waals surface area contributed by atoms with Gasteiger partial charge in [0.25, 0.3) is 0 Å². The highest BCUT2D eigenvalue weighted by Gasteiger charge is 2.49. The fourth-order valence-corrected chi connectivity index (χ4v) is 2.92. The predicted molar refractivity (Wildman–Crippen MR) is 74.5 cm³/mol. The Morgan fingerprint density at radius 2 is 1.89 bits per heavy atom. The van der Waals surface area contributed by atoms with Crippen LogP contribution in [-0.4, -0.2) is 36.3 Å². The predicted octanol–water partition coefficient (Wildman–Crippen LogP) is 1.94. The lowest BCUT2D eigenvalue weighted by Crippen LogP contribution is -2.36. The monoisotopic (exact) mass is 266 g/mol. The topological polar surface area (TPSA) is 49.4 Å². The molecule has 2 amide bonds. The zero-order chi connectivity index (χ0) is 13.8. The summed E-state index contributed by atoms with van der Waals surface area (Å²) in [6.45, 7) is 2.93. The van der Waals surface area contributed by atoms with E-state index in [0.29, 0.717) is 6.04 Å². The van der Waals surface area contributed by atoms with Crippen molar-refractivity contribution >= 4 is 11.8 Å². The Labute approximate surface area is 115 Å². The van der Waals surface area contributed by atoms with Gasteiger partial charge < -0.3 is 10.2 Å². The SMILES string of the molecule is CCCCN(C)C(=O)C1CC1C(=O)NC1CCCC1. The third-order valence-corrected chi connectivity index (χ3v) is 4.37. The number of nitrogens with zero attached hydrogens (tertiary/aromatic N) is 1. The maximum atomic E-state index is 12.1. The minimum atomic E-state index is -0.0582. The lowest BCUT2D eigenvalue weighted by atomic mass is 10.2. The summed E-state index contributed by atoms with van der Waals surface area (Å²) in [6, 6.07) is 0.363. The van der Waals surface area contributed by atoms with Crippen molar-refractivity contribution in [3.8, 4) is 0 Å². The van der Waals surface area contributed by atoms with Gasteiger partial charge in [-0.05, 0) is 25.7 Å². The van der Waals surface area contributed by atoms with Crippen LogP contribution in [0.2, 0.25) is 0 Å². The molecule has 4 nitrogen and oxygen atoms in total. The summed E-state index contributed by atoms with van der Waals surface area (Å²) in [7, 11) is 1.85. The van der Waals surface area contributed by atoms with Crippen molar-refractivity contribution in [3.63, 3.8) is 0 Å². The molecule has 2 atom stereocenters. The van der Waals surface area contributed by atoms with E-state index in [9.17, 15) is 9.59 Å². The molecule has 1 N–H and O–H groups in total. The maximum absolute atomic E-state index is 12.1. The average Bonchev–Trinajstić information content (AvgIpc) is 3.06. The van der Waals surface area contributed by atoms with Gasteiger partial charge in [0, 0.05) is 19.6 Å². The van der Waals surface area contributed by atoms with Gasteiger partial charge in [-0.3, -0.25) is 9.59 Å². The number of carbonyl (C=O) groups is 2. The summed E-state index contributed by atoms with van der Waals surface area (Å²) >= 11 is 0. The molecule has 2 aliphatic rings. The van der Waals surface area contributed by atoms with E-state index in [1.54, 1.807) is 4.90 Å². The van der Waals surface area contributed by atoms with Crippen LogP contribution in [0.25, 0.3) is 0 Å². The number of carbonyl (C=O) groups excluding carboxylic acids is 2. The average molecular weight is 266 g/mol. The second kappa shape index (κ2) is 6.40. The molecule has 2 aliphatic carbocycles. The van der Waals surface area contributed by atoms with Crippen molar-refractivity contribution in [1.82, 2.24) is 10.2 Å². The molecule has 2 fully saturated rings. The number of rotatable bonds is 6. The number of hydrogen-bond donors (Lipinski definition) is 1. The Hall–Kier alpha value is -1.06. The molecule has 0 aromatic rings. The maximum Gasteiger partial charge on any atom is 0.226 e. The summed E-state index contributed by atoms with van der Waals surface area (Å²) in [6.07, 6.45) is 7.52. The first kappa shape index (κ1) is 14.4. The molecule has 2 rings (SSSR count). The van der Waals surface area contributed by atoms with E-state index >= 15 is 0 Å². The Morgan fingerprint density at radius 1 is 1.21 bits per heavy atom. The molecule has 4 heteroatoms. The van der Waals surface area contributed by atoms with E-state index in [-0.39, 0.29) is 23.7 Å². The van der Waals surface area contributed by atoms with E-state index in [1.807, 2.05) is 7.05 Å². The summed E-state index contributed by atoms with van der Waals surface area (Å²) < 4.78 is 0. The smallest absolute Gasteiger partial charge is 0.226 e. The minimum absolute atomic E-state index is 0.0525. The van der Waals surface area contributed by atoms with Crippen LogP contribution >= 0.6 is 0 Å². The lowest BCUT2D eigenvalue weighted by Gasteiger charge is -2.17. The molecule has 0 aromatic heterocycles. The quantitative estimate of drug-likeness (QED) is 0.798. The molecule has 0 bridgehead atoms. The first-order chi connectivity index (χ1) is 9.13. The summed E-state index contributed by atoms with van der Waals surface area (Å²) in [5.74, 6) is 0.148. The van der Waals surface area contributed by atoms with Gasteiger partial charge in [0.2, 0.25) is 11.8 Å². The highest BCUT2D eigenvalue weighted by molar-refractivity contribution is 5.92. The van der Waals surface area contributed by atoms with Crippen LogP contribution in [0.4, 0.5) is 0 Å². The fourth-order valence-electron chi connectivity index (χ4n) is 2.92. The van der Waals surface area contributed by atoms with Crippen molar-refractivity contribution < 1.29 is 9.59 Å². The summed E-state index contributed by atoms with van der Waals surface area (Å²) in [5.41, 5.74) is 0. The Balaban J connectivity index is 1.73. The lowest BCUT2D eigenvalue weighted by molar-refractivity contribution is -0.133. The fraction of sp³-hybridized carbons (Fsp3) is 0.867. The molecule has 0 spiro atoms. The number of hydrogen-bond acceptors (Lipinski definition) is 2. The van der Waals surface area contributed by atoms with Crippen molar-refractivity contribution in [2.75, 3.05) is 13.6 Å². The van der Waals surface area contributed by atoms with Gasteiger partial charge in [-0.2, -0.15) is 0 Å². The zero-order valence-electron chi connectivity index (χ0n) is 12.2. The molecule has 0 heterocycles. The van der Waals surface area contributed by atoms with Crippen molar-refractivity contribution in [3.05, 3.63) is 0 Å². The molecular weight excluding hydrogens is 240 g/mol.